The summed E-state index contributed by atoms with van der Waals surface area (Å²) in [6.07, 6.45) is 5.72. The zero-order chi connectivity index (χ0) is 11.8. The van der Waals surface area contributed by atoms with Crippen LogP contribution in [0.2, 0.25) is 0 Å². The van der Waals surface area contributed by atoms with Gasteiger partial charge in [-0.05, 0) is 44.4 Å². The molecular formula is C13H23NO2. The van der Waals surface area contributed by atoms with Crippen molar-refractivity contribution in [3.8, 4) is 0 Å². The summed E-state index contributed by atoms with van der Waals surface area (Å²) in [6.45, 7) is 4.30. The van der Waals surface area contributed by atoms with Gasteiger partial charge in [0.05, 0.1) is 7.11 Å². The van der Waals surface area contributed by atoms with Crippen LogP contribution in [0.15, 0.2) is 0 Å². The molecule has 0 aromatic rings. The minimum atomic E-state index is -0.368. The fraction of sp³-hybridized carbons (Fsp3) is 0.923. The molecule has 0 amide bonds. The highest BCUT2D eigenvalue weighted by molar-refractivity contribution is 5.82. The summed E-state index contributed by atoms with van der Waals surface area (Å²) < 4.78 is 5.03. The van der Waals surface area contributed by atoms with Crippen LogP contribution in [0.1, 0.15) is 46.0 Å². The lowest BCUT2D eigenvalue weighted by Gasteiger charge is -2.38. The van der Waals surface area contributed by atoms with E-state index in [1.165, 1.54) is 26.4 Å². The molecule has 4 atom stereocenters. The average Bonchev–Trinajstić information content (AvgIpc) is 2.88. The van der Waals surface area contributed by atoms with Crippen molar-refractivity contribution in [3.05, 3.63) is 0 Å². The second-order valence-electron chi connectivity index (χ2n) is 5.50. The first kappa shape index (κ1) is 11.9. The van der Waals surface area contributed by atoms with Crippen molar-refractivity contribution < 1.29 is 9.53 Å². The van der Waals surface area contributed by atoms with E-state index in [1.54, 1.807) is 0 Å². The third-order valence-corrected chi connectivity index (χ3v) is 4.51. The number of methoxy groups -OCH3 is 1. The number of esters is 1. The molecule has 0 saturated heterocycles. The molecule has 92 valence electrons. The lowest BCUT2D eigenvalue weighted by Crippen LogP contribution is -2.59. The smallest absolute Gasteiger partial charge is 0.326 e. The Morgan fingerprint density at radius 1 is 1.56 bits per heavy atom. The van der Waals surface area contributed by atoms with Crippen LogP contribution in [0.4, 0.5) is 0 Å². The molecule has 16 heavy (non-hydrogen) atoms. The van der Waals surface area contributed by atoms with E-state index in [0.29, 0.717) is 12.0 Å². The second kappa shape index (κ2) is 4.36. The van der Waals surface area contributed by atoms with Gasteiger partial charge in [0, 0.05) is 6.04 Å². The van der Waals surface area contributed by atoms with Crippen LogP contribution in [0.3, 0.4) is 0 Å². The molecule has 0 heterocycles. The van der Waals surface area contributed by atoms with Crippen LogP contribution in [0.25, 0.3) is 0 Å². The Kier molecular flexibility index (Phi) is 3.24. The van der Waals surface area contributed by atoms with Crippen molar-refractivity contribution in [1.29, 1.82) is 0 Å². The van der Waals surface area contributed by atoms with E-state index in [-0.39, 0.29) is 11.5 Å². The summed E-state index contributed by atoms with van der Waals surface area (Å²) in [5.41, 5.74) is -0.368. The molecule has 3 nitrogen and oxygen atoms in total. The molecule has 3 heteroatoms. The first-order valence-corrected chi connectivity index (χ1v) is 6.48. The number of hydrogen-bond donors (Lipinski definition) is 1. The Morgan fingerprint density at radius 3 is 2.75 bits per heavy atom. The number of nitrogens with one attached hydrogen (secondary N) is 1. The topological polar surface area (TPSA) is 38.3 Å². The van der Waals surface area contributed by atoms with Gasteiger partial charge in [-0.2, -0.15) is 0 Å². The van der Waals surface area contributed by atoms with Crippen molar-refractivity contribution in [1.82, 2.24) is 5.32 Å². The van der Waals surface area contributed by atoms with E-state index < -0.39 is 0 Å². The van der Waals surface area contributed by atoms with E-state index in [0.717, 1.165) is 18.8 Å². The Hall–Kier alpha value is -0.570. The van der Waals surface area contributed by atoms with Gasteiger partial charge in [-0.1, -0.05) is 13.3 Å². The van der Waals surface area contributed by atoms with Crippen LogP contribution >= 0.6 is 0 Å². The maximum absolute atomic E-state index is 12.1. The van der Waals surface area contributed by atoms with E-state index in [9.17, 15) is 4.79 Å². The second-order valence-corrected chi connectivity index (χ2v) is 5.50. The SMILES string of the molecule is CCC(C)NC1(C(=O)OC)CC2CCC1C2. The molecule has 0 aromatic heterocycles. The molecule has 2 rings (SSSR count). The zero-order valence-electron chi connectivity index (χ0n) is 10.6. The summed E-state index contributed by atoms with van der Waals surface area (Å²) in [4.78, 5) is 12.1. The summed E-state index contributed by atoms with van der Waals surface area (Å²) in [7, 11) is 1.51. The molecule has 2 aliphatic rings. The fourth-order valence-electron chi connectivity index (χ4n) is 3.54. The standard InChI is InChI=1S/C13H23NO2/c1-4-9(2)14-13(12(15)16-3)8-10-5-6-11(13)7-10/h9-11,14H,4-8H2,1-3H3. The largest absolute Gasteiger partial charge is 0.468 e. The third kappa shape index (κ3) is 1.75. The molecule has 0 radical (unpaired) electrons. The van der Waals surface area contributed by atoms with Crippen molar-refractivity contribution in [2.45, 2.75) is 57.5 Å². The van der Waals surface area contributed by atoms with Gasteiger partial charge in [0.1, 0.15) is 5.54 Å². The number of carbonyl (C=O) groups excluding carboxylic acids is 1. The van der Waals surface area contributed by atoms with Crippen LogP contribution in [-0.4, -0.2) is 24.7 Å². The van der Waals surface area contributed by atoms with Crippen molar-refractivity contribution >= 4 is 5.97 Å². The van der Waals surface area contributed by atoms with Gasteiger partial charge in [0.2, 0.25) is 0 Å². The number of ether oxygens (including phenoxy) is 1. The first-order valence-electron chi connectivity index (χ1n) is 6.48. The maximum Gasteiger partial charge on any atom is 0.326 e. The van der Waals surface area contributed by atoms with Gasteiger partial charge in [0.15, 0.2) is 0 Å². The minimum Gasteiger partial charge on any atom is -0.468 e. The maximum atomic E-state index is 12.1. The van der Waals surface area contributed by atoms with E-state index in [4.69, 9.17) is 4.74 Å². The molecule has 2 aliphatic carbocycles. The highest BCUT2D eigenvalue weighted by Gasteiger charge is 2.56. The van der Waals surface area contributed by atoms with Gasteiger partial charge < -0.3 is 4.74 Å². The number of carbonyl (C=O) groups is 1. The highest BCUT2D eigenvalue weighted by atomic mass is 16.5. The van der Waals surface area contributed by atoms with Gasteiger partial charge >= 0.3 is 5.97 Å². The van der Waals surface area contributed by atoms with Crippen molar-refractivity contribution in [3.63, 3.8) is 0 Å². The number of fused-ring (bicyclic) bond motifs is 2. The van der Waals surface area contributed by atoms with E-state index >= 15 is 0 Å². The molecular weight excluding hydrogens is 202 g/mol. The summed E-state index contributed by atoms with van der Waals surface area (Å²) in [5, 5.41) is 3.55. The van der Waals surface area contributed by atoms with E-state index in [2.05, 4.69) is 19.2 Å². The molecule has 2 bridgehead atoms. The highest BCUT2D eigenvalue weighted by Crippen LogP contribution is 2.51. The predicted octanol–water partition coefficient (Wildman–Crippen LogP) is 2.11. The quantitative estimate of drug-likeness (QED) is 0.745. The van der Waals surface area contributed by atoms with Gasteiger partial charge in [-0.25, -0.2) is 0 Å². The lowest BCUT2D eigenvalue weighted by molar-refractivity contribution is -0.151. The predicted molar refractivity (Wildman–Crippen MR) is 63.1 cm³/mol. The summed E-state index contributed by atoms with van der Waals surface area (Å²) in [6, 6.07) is 0.387. The Balaban J connectivity index is 2.17. The van der Waals surface area contributed by atoms with Gasteiger partial charge in [-0.3, -0.25) is 10.1 Å². The van der Waals surface area contributed by atoms with Crippen LogP contribution in [-0.2, 0) is 9.53 Å². The normalized spacial score (nSPS) is 38.7. The number of hydrogen-bond acceptors (Lipinski definition) is 3. The first-order chi connectivity index (χ1) is 7.62. The van der Waals surface area contributed by atoms with Crippen molar-refractivity contribution in [2.75, 3.05) is 7.11 Å². The summed E-state index contributed by atoms with van der Waals surface area (Å²) in [5.74, 6) is 1.19. The molecule has 0 aromatic carbocycles. The fourth-order valence-corrected chi connectivity index (χ4v) is 3.54. The molecule has 1 N–H and O–H groups in total. The van der Waals surface area contributed by atoms with E-state index in [1.807, 2.05) is 0 Å². The zero-order valence-corrected chi connectivity index (χ0v) is 10.6. The Bertz CT molecular complexity index is 279. The average molecular weight is 225 g/mol. The van der Waals surface area contributed by atoms with Gasteiger partial charge in [-0.15, -0.1) is 0 Å². The monoisotopic (exact) mass is 225 g/mol. The lowest BCUT2D eigenvalue weighted by atomic mass is 9.80. The summed E-state index contributed by atoms with van der Waals surface area (Å²) >= 11 is 0. The van der Waals surface area contributed by atoms with Crippen molar-refractivity contribution in [2.24, 2.45) is 11.8 Å². The van der Waals surface area contributed by atoms with Gasteiger partial charge in [0.25, 0.3) is 0 Å². The van der Waals surface area contributed by atoms with Crippen LogP contribution in [0.5, 0.6) is 0 Å². The molecule has 2 saturated carbocycles. The molecule has 4 unspecified atom stereocenters. The van der Waals surface area contributed by atoms with Crippen LogP contribution < -0.4 is 5.32 Å². The van der Waals surface area contributed by atoms with Crippen LogP contribution in [0, 0.1) is 11.8 Å². The third-order valence-electron chi connectivity index (χ3n) is 4.51. The Morgan fingerprint density at radius 2 is 2.31 bits per heavy atom. The molecule has 0 aliphatic heterocycles. The molecule has 0 spiro atoms. The number of rotatable bonds is 4. The minimum absolute atomic E-state index is 0.0417. The Labute approximate surface area is 97.9 Å². The molecule has 2 fully saturated rings.